The Balaban J connectivity index is 3.23. The molecule has 0 spiro atoms. The molecule has 0 aliphatic rings. The van der Waals surface area contributed by atoms with E-state index in [2.05, 4.69) is 0 Å². The smallest absolute Gasteiger partial charge is 0.207 e. The summed E-state index contributed by atoms with van der Waals surface area (Å²) in [6.45, 7) is 1.66. The zero-order chi connectivity index (χ0) is 8.43. The molecule has 0 bridgehead atoms. The maximum atomic E-state index is 12.5. The Morgan fingerprint density at radius 2 is 2.18 bits per heavy atom. The molecule has 1 unspecified atom stereocenters. The van der Waals surface area contributed by atoms with Crippen molar-refractivity contribution >= 4 is 13.3 Å². The van der Waals surface area contributed by atoms with Crippen molar-refractivity contribution in [2.24, 2.45) is 0 Å². The van der Waals surface area contributed by atoms with Gasteiger partial charge in [-0.1, -0.05) is 6.07 Å². The Hall–Kier alpha value is -0.790. The van der Waals surface area contributed by atoms with Crippen molar-refractivity contribution in [1.29, 1.82) is 0 Å². The van der Waals surface area contributed by atoms with E-state index in [0.717, 1.165) is 6.07 Å². The Morgan fingerprint density at radius 1 is 1.55 bits per heavy atom. The summed E-state index contributed by atoms with van der Waals surface area (Å²) in [7, 11) is -2.42. The van der Waals surface area contributed by atoms with E-state index in [1.807, 2.05) is 0 Å². The van der Waals surface area contributed by atoms with E-state index in [1.165, 1.54) is 12.1 Å². The highest BCUT2D eigenvalue weighted by Gasteiger charge is 2.19. The summed E-state index contributed by atoms with van der Waals surface area (Å²) in [6, 6.07) is 3.82. The van der Waals surface area contributed by atoms with Crippen molar-refractivity contribution < 1.29 is 13.8 Å². The molecular weight excluding hydrogens is 166 g/mol. The Kier molecular flexibility index (Phi) is 2.32. The lowest BCUT2D eigenvalue weighted by Gasteiger charge is -1.90. The summed E-state index contributed by atoms with van der Waals surface area (Å²) in [5.74, 6) is -0.483. The van der Waals surface area contributed by atoms with Gasteiger partial charge in [0.15, 0.2) is 0 Å². The van der Waals surface area contributed by atoms with Crippen LogP contribution in [-0.2, 0) is 4.57 Å². The largest absolute Gasteiger partial charge is 0.546 e. The van der Waals surface area contributed by atoms with Gasteiger partial charge < -0.3 is 0 Å². The van der Waals surface area contributed by atoms with Gasteiger partial charge >= 0.3 is 8.03 Å². The second-order valence-electron chi connectivity index (χ2n) is 2.20. The molecule has 58 valence electrons. The van der Waals surface area contributed by atoms with Gasteiger partial charge in [0.1, 0.15) is 5.82 Å². The Morgan fingerprint density at radius 3 is 2.64 bits per heavy atom. The molecule has 2 nitrogen and oxygen atoms in total. The predicted molar refractivity (Wildman–Crippen MR) is 40.6 cm³/mol. The van der Waals surface area contributed by atoms with Crippen LogP contribution in [0.5, 0.6) is 0 Å². The van der Waals surface area contributed by atoms with Gasteiger partial charge in [0.05, 0.1) is 0 Å². The quantitative estimate of drug-likeness (QED) is 0.653. The predicted octanol–water partition coefficient (Wildman–Crippen LogP) is 1.49. The molecule has 1 aromatic carbocycles. The Labute approximate surface area is 64.5 Å². The van der Waals surface area contributed by atoms with E-state index in [9.17, 15) is 8.96 Å². The molecule has 0 aromatic heterocycles. The third-order valence-electron chi connectivity index (χ3n) is 1.38. The van der Waals surface area contributed by atoms with Gasteiger partial charge in [-0.05, 0) is 17.6 Å². The lowest BCUT2D eigenvalue weighted by molar-refractivity contribution is 0.513. The fraction of sp³-hybridized carbons (Fsp3) is 0.143. The monoisotopic (exact) mass is 173 g/mol. The van der Waals surface area contributed by atoms with E-state index >= 15 is 0 Å². The second kappa shape index (κ2) is 3.07. The average Bonchev–Trinajstić information content (AvgIpc) is 1.94. The van der Waals surface area contributed by atoms with Crippen molar-refractivity contribution in [3.63, 3.8) is 0 Å². The SMILES string of the molecule is Cc1ccc(F)cc1[P+](=O)O. The lowest BCUT2D eigenvalue weighted by atomic mass is 10.2. The van der Waals surface area contributed by atoms with Crippen LogP contribution in [0.3, 0.4) is 0 Å². The molecule has 1 N–H and O–H groups in total. The van der Waals surface area contributed by atoms with Crippen molar-refractivity contribution in [3.8, 4) is 0 Å². The van der Waals surface area contributed by atoms with Crippen molar-refractivity contribution in [2.45, 2.75) is 6.92 Å². The molecular formula is C7H7FO2P+. The number of rotatable bonds is 1. The average molecular weight is 173 g/mol. The zero-order valence-electron chi connectivity index (χ0n) is 5.91. The fourth-order valence-electron chi connectivity index (χ4n) is 0.789. The number of aryl methyl sites for hydroxylation is 1. The van der Waals surface area contributed by atoms with Gasteiger partial charge in [-0.15, -0.1) is 0 Å². The molecule has 0 fully saturated rings. The highest BCUT2D eigenvalue weighted by Crippen LogP contribution is 2.16. The molecule has 0 radical (unpaired) electrons. The van der Waals surface area contributed by atoms with Gasteiger partial charge in [0.2, 0.25) is 5.30 Å². The number of hydrogen-bond donors (Lipinski definition) is 1. The van der Waals surface area contributed by atoms with Gasteiger partial charge in [-0.25, -0.2) is 4.39 Å². The molecule has 0 saturated heterocycles. The molecule has 0 amide bonds. The standard InChI is InChI=1S/C7H6FO2P/c1-5-2-3-6(8)4-7(5)11(9)10/h2-4H,1H3/p+1. The summed E-state index contributed by atoms with van der Waals surface area (Å²) < 4.78 is 23.0. The first kappa shape index (κ1) is 8.31. The van der Waals surface area contributed by atoms with Crippen LogP contribution in [0.2, 0.25) is 0 Å². The molecule has 4 heteroatoms. The highest BCUT2D eigenvalue weighted by molar-refractivity contribution is 7.47. The van der Waals surface area contributed by atoms with Crippen LogP contribution in [0.4, 0.5) is 4.39 Å². The first-order valence-electron chi connectivity index (χ1n) is 3.03. The molecule has 11 heavy (non-hydrogen) atoms. The minimum atomic E-state index is -2.42. The van der Waals surface area contributed by atoms with Crippen molar-refractivity contribution in [1.82, 2.24) is 0 Å². The summed E-state index contributed by atoms with van der Waals surface area (Å²) in [5, 5.41) is 0.167. The molecule has 0 aliphatic heterocycles. The van der Waals surface area contributed by atoms with Crippen LogP contribution in [0.15, 0.2) is 18.2 Å². The first-order valence-corrected chi connectivity index (χ1v) is 4.25. The number of benzene rings is 1. The summed E-state index contributed by atoms with van der Waals surface area (Å²) >= 11 is 0. The number of hydrogen-bond acceptors (Lipinski definition) is 1. The minimum Gasteiger partial charge on any atom is -0.207 e. The molecule has 0 saturated carbocycles. The summed E-state index contributed by atoms with van der Waals surface area (Å²) in [6.07, 6.45) is 0. The van der Waals surface area contributed by atoms with Crippen LogP contribution in [0.25, 0.3) is 0 Å². The summed E-state index contributed by atoms with van der Waals surface area (Å²) in [5.41, 5.74) is 0.634. The number of halogens is 1. The van der Waals surface area contributed by atoms with E-state index in [0.29, 0.717) is 5.56 Å². The van der Waals surface area contributed by atoms with Crippen LogP contribution < -0.4 is 5.30 Å². The zero-order valence-corrected chi connectivity index (χ0v) is 6.81. The summed E-state index contributed by atoms with van der Waals surface area (Å²) in [4.78, 5) is 8.67. The molecule has 0 aliphatic carbocycles. The maximum absolute atomic E-state index is 12.5. The van der Waals surface area contributed by atoms with E-state index in [-0.39, 0.29) is 5.30 Å². The van der Waals surface area contributed by atoms with E-state index in [4.69, 9.17) is 4.89 Å². The third-order valence-corrected chi connectivity index (χ3v) is 2.27. The minimum absolute atomic E-state index is 0.167. The van der Waals surface area contributed by atoms with Crippen LogP contribution in [-0.4, -0.2) is 4.89 Å². The topological polar surface area (TPSA) is 37.3 Å². The molecule has 0 heterocycles. The van der Waals surface area contributed by atoms with Crippen LogP contribution in [0.1, 0.15) is 5.56 Å². The lowest BCUT2D eigenvalue weighted by Crippen LogP contribution is -2.01. The van der Waals surface area contributed by atoms with Crippen LogP contribution in [0, 0.1) is 12.7 Å². The van der Waals surface area contributed by atoms with Crippen LogP contribution >= 0.6 is 8.03 Å². The second-order valence-corrected chi connectivity index (χ2v) is 3.23. The van der Waals surface area contributed by atoms with E-state index < -0.39 is 13.8 Å². The Bertz CT molecular complexity index is 298. The van der Waals surface area contributed by atoms with Crippen molar-refractivity contribution in [3.05, 3.63) is 29.6 Å². The van der Waals surface area contributed by atoms with Crippen molar-refractivity contribution in [2.75, 3.05) is 0 Å². The maximum Gasteiger partial charge on any atom is 0.546 e. The molecule has 1 aromatic rings. The van der Waals surface area contributed by atoms with Gasteiger partial charge in [-0.2, -0.15) is 4.89 Å². The van der Waals surface area contributed by atoms with E-state index in [1.54, 1.807) is 6.92 Å². The normalized spacial score (nSPS) is 11.4. The fourth-order valence-corrected chi connectivity index (χ4v) is 1.40. The first-order chi connectivity index (χ1) is 5.11. The van der Waals surface area contributed by atoms with Gasteiger partial charge in [0.25, 0.3) is 0 Å². The molecule has 1 rings (SSSR count). The van der Waals surface area contributed by atoms with Gasteiger partial charge in [0, 0.05) is 11.6 Å². The molecule has 1 atom stereocenters. The van der Waals surface area contributed by atoms with Gasteiger partial charge in [-0.3, -0.25) is 0 Å². The highest BCUT2D eigenvalue weighted by atomic mass is 31.1. The third kappa shape index (κ3) is 1.82.